The number of rotatable bonds is 1. The number of hydrogen-bond acceptors (Lipinski definition) is 0. The molecule has 0 amide bonds. The van der Waals surface area contributed by atoms with Crippen LogP contribution in [0.1, 0.15) is 85.5 Å². The zero-order valence-corrected chi connectivity index (χ0v) is 12.7. The lowest BCUT2D eigenvalue weighted by atomic mass is 9.83. The first-order valence-corrected chi connectivity index (χ1v) is 8.11. The van der Waals surface area contributed by atoms with Gasteiger partial charge in [0.25, 0.3) is 0 Å². The fourth-order valence-corrected chi connectivity index (χ4v) is 3.16. The van der Waals surface area contributed by atoms with E-state index in [1.165, 1.54) is 57.8 Å². The molecular weight excluding hydrogens is 204 g/mol. The molecule has 0 heteroatoms. The molecule has 0 aliphatic heterocycles. The first kappa shape index (κ1) is 15.1. The molecule has 0 bridgehead atoms. The van der Waals surface area contributed by atoms with Gasteiger partial charge in [-0.1, -0.05) is 85.5 Å². The van der Waals surface area contributed by atoms with Gasteiger partial charge in [-0.25, -0.2) is 0 Å². The van der Waals surface area contributed by atoms with Crippen molar-refractivity contribution in [3.8, 4) is 0 Å². The Morgan fingerprint density at radius 2 is 0.882 bits per heavy atom. The zero-order valence-electron chi connectivity index (χ0n) is 12.7. The molecule has 0 aromatic heterocycles. The van der Waals surface area contributed by atoms with Gasteiger partial charge in [0.05, 0.1) is 0 Å². The van der Waals surface area contributed by atoms with E-state index in [1.807, 2.05) is 0 Å². The minimum atomic E-state index is 0.960. The summed E-state index contributed by atoms with van der Waals surface area (Å²) in [6.07, 6.45) is 13.2. The lowest BCUT2D eigenvalue weighted by molar-refractivity contribution is 0.295. The Bertz CT molecular complexity index is 166. The van der Waals surface area contributed by atoms with Crippen molar-refractivity contribution in [3.63, 3.8) is 0 Å². The van der Waals surface area contributed by atoms with E-state index in [-0.39, 0.29) is 0 Å². The van der Waals surface area contributed by atoms with Crippen molar-refractivity contribution in [3.05, 3.63) is 0 Å². The van der Waals surface area contributed by atoms with Gasteiger partial charge in [0.1, 0.15) is 0 Å². The van der Waals surface area contributed by atoms with Gasteiger partial charge in [-0.2, -0.15) is 0 Å². The van der Waals surface area contributed by atoms with Crippen molar-refractivity contribution in [2.75, 3.05) is 0 Å². The van der Waals surface area contributed by atoms with Crippen molar-refractivity contribution in [1.29, 1.82) is 0 Å². The van der Waals surface area contributed by atoms with Crippen LogP contribution >= 0.6 is 0 Å². The summed E-state index contributed by atoms with van der Waals surface area (Å²) in [6.45, 7) is 9.77. The van der Waals surface area contributed by atoms with Crippen LogP contribution < -0.4 is 0 Å². The number of hydrogen-bond donors (Lipinski definition) is 0. The van der Waals surface area contributed by atoms with Crippen LogP contribution in [0.3, 0.4) is 0 Å². The Kier molecular flexibility index (Phi) is 7.23. The molecule has 17 heavy (non-hydrogen) atoms. The molecule has 0 radical (unpaired) electrons. The maximum absolute atomic E-state index is 2.47. The van der Waals surface area contributed by atoms with Gasteiger partial charge >= 0.3 is 0 Å². The van der Waals surface area contributed by atoms with Crippen LogP contribution in [0.2, 0.25) is 0 Å². The highest BCUT2D eigenvalue weighted by atomic mass is 14.2. The van der Waals surface area contributed by atoms with Gasteiger partial charge in [0.2, 0.25) is 0 Å². The largest absolute Gasteiger partial charge is 0.0651 e. The van der Waals surface area contributed by atoms with Crippen LogP contribution in [-0.2, 0) is 0 Å². The Morgan fingerprint density at radius 3 is 1.18 bits per heavy atom. The molecule has 0 N–H and O–H groups in total. The summed E-state index contributed by atoms with van der Waals surface area (Å²) in [5, 5.41) is 0. The Labute approximate surface area is 110 Å². The second kappa shape index (κ2) is 8.16. The summed E-state index contributed by atoms with van der Waals surface area (Å²) in [6, 6.07) is 0. The summed E-state index contributed by atoms with van der Waals surface area (Å²) in [5.74, 6) is 3.89. The van der Waals surface area contributed by atoms with Gasteiger partial charge in [0, 0.05) is 0 Å². The SMILES string of the molecule is CCC1CCC(C)CCC(C)CCC(C)CC1. The van der Waals surface area contributed by atoms with E-state index in [1.54, 1.807) is 0 Å². The highest BCUT2D eigenvalue weighted by Crippen LogP contribution is 2.29. The Morgan fingerprint density at radius 1 is 0.588 bits per heavy atom. The van der Waals surface area contributed by atoms with Crippen LogP contribution in [0.5, 0.6) is 0 Å². The van der Waals surface area contributed by atoms with E-state index in [0.29, 0.717) is 0 Å². The third-order valence-corrected chi connectivity index (χ3v) is 5.02. The normalized spacial score (nSPS) is 38.1. The molecule has 1 rings (SSSR count). The Balaban J connectivity index is 2.44. The van der Waals surface area contributed by atoms with Gasteiger partial charge < -0.3 is 0 Å². The highest BCUT2D eigenvalue weighted by Gasteiger charge is 2.15. The first-order chi connectivity index (χ1) is 8.11. The molecule has 1 fully saturated rings. The molecule has 2 atom stereocenters. The van der Waals surface area contributed by atoms with Crippen LogP contribution in [0.4, 0.5) is 0 Å². The molecule has 1 aliphatic carbocycles. The molecule has 0 aromatic rings. The van der Waals surface area contributed by atoms with Gasteiger partial charge in [0.15, 0.2) is 0 Å². The molecule has 2 unspecified atom stereocenters. The summed E-state index contributed by atoms with van der Waals surface area (Å²) >= 11 is 0. The average molecular weight is 238 g/mol. The predicted molar refractivity (Wildman–Crippen MR) is 78.2 cm³/mol. The van der Waals surface area contributed by atoms with Crippen LogP contribution in [0, 0.1) is 23.7 Å². The van der Waals surface area contributed by atoms with Gasteiger partial charge in [-0.15, -0.1) is 0 Å². The molecule has 1 saturated carbocycles. The zero-order chi connectivity index (χ0) is 12.7. The van der Waals surface area contributed by atoms with Gasteiger partial charge in [-0.3, -0.25) is 0 Å². The average Bonchev–Trinajstić information content (AvgIpc) is 2.32. The first-order valence-electron chi connectivity index (χ1n) is 8.11. The molecule has 0 nitrogen and oxygen atoms in total. The lowest BCUT2D eigenvalue weighted by Crippen LogP contribution is -2.09. The Hall–Kier alpha value is 0. The topological polar surface area (TPSA) is 0 Å². The van der Waals surface area contributed by atoms with Crippen LogP contribution in [-0.4, -0.2) is 0 Å². The summed E-state index contributed by atoms with van der Waals surface area (Å²) in [7, 11) is 0. The van der Waals surface area contributed by atoms with E-state index in [4.69, 9.17) is 0 Å². The molecular formula is C17H34. The van der Waals surface area contributed by atoms with Crippen LogP contribution in [0.15, 0.2) is 0 Å². The van der Waals surface area contributed by atoms with Crippen molar-refractivity contribution in [2.24, 2.45) is 23.7 Å². The maximum atomic E-state index is 2.47. The van der Waals surface area contributed by atoms with Gasteiger partial charge in [-0.05, 0) is 23.7 Å². The van der Waals surface area contributed by atoms with Crippen molar-refractivity contribution in [2.45, 2.75) is 85.5 Å². The molecule has 1 aliphatic rings. The molecule has 0 spiro atoms. The van der Waals surface area contributed by atoms with Crippen molar-refractivity contribution >= 4 is 0 Å². The fraction of sp³-hybridized carbons (Fsp3) is 1.00. The molecule has 0 heterocycles. The summed E-state index contributed by atoms with van der Waals surface area (Å²) in [5.41, 5.74) is 0. The van der Waals surface area contributed by atoms with E-state index in [9.17, 15) is 0 Å². The van der Waals surface area contributed by atoms with E-state index >= 15 is 0 Å². The summed E-state index contributed by atoms with van der Waals surface area (Å²) < 4.78 is 0. The smallest absolute Gasteiger partial charge is 0.0417 e. The minimum absolute atomic E-state index is 0.960. The highest BCUT2D eigenvalue weighted by molar-refractivity contribution is 4.67. The standard InChI is InChI=1S/C17H34/c1-5-17-12-10-15(3)8-6-14(2)7-9-16(4)11-13-17/h14-17H,5-13H2,1-4H3. The van der Waals surface area contributed by atoms with E-state index in [0.717, 1.165) is 23.7 Å². The van der Waals surface area contributed by atoms with Crippen molar-refractivity contribution < 1.29 is 0 Å². The minimum Gasteiger partial charge on any atom is -0.0651 e. The second-order valence-corrected chi connectivity index (χ2v) is 6.90. The molecule has 0 saturated heterocycles. The fourth-order valence-electron chi connectivity index (χ4n) is 3.16. The molecule has 102 valence electrons. The third kappa shape index (κ3) is 6.48. The summed E-state index contributed by atoms with van der Waals surface area (Å²) in [4.78, 5) is 0. The quantitative estimate of drug-likeness (QED) is 0.521. The third-order valence-electron chi connectivity index (χ3n) is 5.02. The van der Waals surface area contributed by atoms with E-state index in [2.05, 4.69) is 27.7 Å². The van der Waals surface area contributed by atoms with E-state index < -0.39 is 0 Å². The monoisotopic (exact) mass is 238 g/mol. The van der Waals surface area contributed by atoms with Crippen molar-refractivity contribution in [1.82, 2.24) is 0 Å². The maximum Gasteiger partial charge on any atom is -0.0417 e. The predicted octanol–water partition coefficient (Wildman–Crippen LogP) is 6.06. The van der Waals surface area contributed by atoms with Crippen LogP contribution in [0.25, 0.3) is 0 Å². The molecule has 0 aromatic carbocycles. The second-order valence-electron chi connectivity index (χ2n) is 6.90. The lowest BCUT2D eigenvalue weighted by Gasteiger charge is -2.23.